The fourth-order valence-electron chi connectivity index (χ4n) is 2.89. The highest BCUT2D eigenvalue weighted by Crippen LogP contribution is 2.21. The van der Waals surface area contributed by atoms with Crippen LogP contribution in [0.4, 0.5) is 5.82 Å². The van der Waals surface area contributed by atoms with Crippen LogP contribution in [0.5, 0.6) is 0 Å². The van der Waals surface area contributed by atoms with Crippen molar-refractivity contribution in [2.45, 2.75) is 26.1 Å². The molecule has 0 fully saturated rings. The van der Waals surface area contributed by atoms with E-state index in [4.69, 9.17) is 4.98 Å². The number of nitrogens with zero attached hydrogens (tertiary/aromatic N) is 5. The lowest BCUT2D eigenvalue weighted by Crippen LogP contribution is -2.23. The van der Waals surface area contributed by atoms with Gasteiger partial charge in [-0.3, -0.25) is 9.67 Å². The minimum absolute atomic E-state index is 0.0181. The molecule has 0 bridgehead atoms. The molecule has 0 radical (unpaired) electrons. The molecule has 0 atom stereocenters. The van der Waals surface area contributed by atoms with E-state index in [1.54, 1.807) is 0 Å². The maximum atomic E-state index is 9.25. The minimum Gasteiger partial charge on any atom is -0.390 e. The van der Waals surface area contributed by atoms with Crippen molar-refractivity contribution in [1.29, 1.82) is 0 Å². The lowest BCUT2D eigenvalue weighted by molar-refractivity contribution is 0.275. The lowest BCUT2D eigenvalue weighted by atomic mass is 10.3. The third kappa shape index (κ3) is 2.31. The van der Waals surface area contributed by atoms with Gasteiger partial charge in [0.1, 0.15) is 5.82 Å². The van der Waals surface area contributed by atoms with Crippen LogP contribution in [0.3, 0.4) is 0 Å². The molecule has 3 aromatic rings. The van der Waals surface area contributed by atoms with Crippen molar-refractivity contribution in [3.05, 3.63) is 47.9 Å². The summed E-state index contributed by atoms with van der Waals surface area (Å²) in [6.45, 7) is 2.51. The zero-order chi connectivity index (χ0) is 14.9. The van der Waals surface area contributed by atoms with Gasteiger partial charge in [-0.05, 0) is 24.6 Å². The van der Waals surface area contributed by atoms with Crippen molar-refractivity contribution >= 4 is 16.9 Å². The van der Waals surface area contributed by atoms with Crippen LogP contribution in [0.1, 0.15) is 17.8 Å². The Kier molecular flexibility index (Phi) is 3.23. The van der Waals surface area contributed by atoms with E-state index in [0.29, 0.717) is 0 Å². The number of aromatic nitrogens is 4. The highest BCUT2D eigenvalue weighted by molar-refractivity contribution is 5.75. The molecule has 0 amide bonds. The van der Waals surface area contributed by atoms with Crippen molar-refractivity contribution < 1.29 is 5.11 Å². The number of rotatable bonds is 2. The van der Waals surface area contributed by atoms with Gasteiger partial charge in [-0.15, -0.1) is 0 Å². The van der Waals surface area contributed by atoms with Crippen LogP contribution in [0.2, 0.25) is 0 Å². The van der Waals surface area contributed by atoms with Crippen molar-refractivity contribution in [2.24, 2.45) is 0 Å². The third-order valence-electron chi connectivity index (χ3n) is 3.99. The van der Waals surface area contributed by atoms with E-state index in [2.05, 4.69) is 15.0 Å². The Morgan fingerprint density at radius 1 is 1.14 bits per heavy atom. The Morgan fingerprint density at radius 3 is 2.86 bits per heavy atom. The Balaban J connectivity index is 1.68. The number of aliphatic hydroxyl groups excluding tert-OH is 1. The largest absolute Gasteiger partial charge is 0.390 e. The number of fused-ring (bicyclic) bond motifs is 2. The summed E-state index contributed by atoms with van der Waals surface area (Å²) in [5, 5.41) is 13.7. The second kappa shape index (κ2) is 5.38. The molecule has 6 heteroatoms. The molecule has 112 valence electrons. The van der Waals surface area contributed by atoms with E-state index in [1.807, 2.05) is 41.2 Å². The summed E-state index contributed by atoms with van der Waals surface area (Å²) < 4.78 is 1.99. The topological polar surface area (TPSA) is 67.1 Å². The quantitative estimate of drug-likeness (QED) is 0.780. The summed E-state index contributed by atoms with van der Waals surface area (Å²) in [6, 6.07) is 9.87. The number of aliphatic hydroxyl groups is 1. The van der Waals surface area contributed by atoms with Crippen LogP contribution in [0.15, 0.2) is 36.5 Å². The number of aryl methyl sites for hydroxylation is 1. The molecule has 0 spiro atoms. The molecule has 0 saturated carbocycles. The molecule has 1 aromatic carbocycles. The van der Waals surface area contributed by atoms with Gasteiger partial charge in [-0.2, -0.15) is 5.10 Å². The van der Waals surface area contributed by atoms with Crippen molar-refractivity contribution in [2.75, 3.05) is 11.4 Å². The van der Waals surface area contributed by atoms with Gasteiger partial charge in [0.25, 0.3) is 0 Å². The monoisotopic (exact) mass is 295 g/mol. The van der Waals surface area contributed by atoms with Gasteiger partial charge in [0, 0.05) is 13.1 Å². The Bertz CT molecular complexity index is 813. The summed E-state index contributed by atoms with van der Waals surface area (Å²) in [6.07, 6.45) is 2.83. The Morgan fingerprint density at radius 2 is 2.00 bits per heavy atom. The minimum atomic E-state index is -0.0181. The lowest BCUT2D eigenvalue weighted by Gasteiger charge is -2.20. The van der Waals surface area contributed by atoms with Gasteiger partial charge >= 0.3 is 0 Å². The van der Waals surface area contributed by atoms with Crippen LogP contribution in [-0.4, -0.2) is 31.4 Å². The maximum Gasteiger partial charge on any atom is 0.148 e. The number of hydrogen-bond acceptors (Lipinski definition) is 5. The molecule has 3 heterocycles. The van der Waals surface area contributed by atoms with Crippen LogP contribution in [0, 0.1) is 0 Å². The number of para-hydroxylation sites is 2. The number of benzene rings is 1. The van der Waals surface area contributed by atoms with Crippen LogP contribution < -0.4 is 4.90 Å². The Labute approximate surface area is 128 Å². The van der Waals surface area contributed by atoms with E-state index >= 15 is 0 Å². The summed E-state index contributed by atoms with van der Waals surface area (Å²) >= 11 is 0. The normalized spacial score (nSPS) is 14.9. The molecule has 1 N–H and O–H groups in total. The average molecular weight is 295 g/mol. The number of hydrogen-bond donors (Lipinski definition) is 1. The van der Waals surface area contributed by atoms with Gasteiger partial charge in [-0.1, -0.05) is 12.1 Å². The molecule has 2 aromatic heterocycles. The summed E-state index contributed by atoms with van der Waals surface area (Å²) in [7, 11) is 0. The fraction of sp³-hybridized carbons (Fsp3) is 0.312. The van der Waals surface area contributed by atoms with Crippen molar-refractivity contribution in [3.63, 3.8) is 0 Å². The van der Waals surface area contributed by atoms with Crippen molar-refractivity contribution in [1.82, 2.24) is 19.7 Å². The van der Waals surface area contributed by atoms with E-state index in [9.17, 15) is 5.11 Å². The molecular formula is C16H17N5O. The highest BCUT2D eigenvalue weighted by Gasteiger charge is 2.18. The smallest absolute Gasteiger partial charge is 0.148 e. The zero-order valence-electron chi connectivity index (χ0n) is 12.2. The van der Waals surface area contributed by atoms with Gasteiger partial charge in [0.15, 0.2) is 0 Å². The molecule has 4 rings (SSSR count). The first-order chi connectivity index (χ1) is 10.8. The molecule has 22 heavy (non-hydrogen) atoms. The van der Waals surface area contributed by atoms with Crippen LogP contribution >= 0.6 is 0 Å². The van der Waals surface area contributed by atoms with Gasteiger partial charge < -0.3 is 10.0 Å². The average Bonchev–Trinajstić information content (AvgIpc) is 2.85. The van der Waals surface area contributed by atoms with Crippen molar-refractivity contribution in [3.8, 4) is 0 Å². The van der Waals surface area contributed by atoms with Gasteiger partial charge in [-0.25, -0.2) is 4.98 Å². The van der Waals surface area contributed by atoms with E-state index in [-0.39, 0.29) is 6.61 Å². The number of anilines is 1. The fourth-order valence-corrected chi connectivity index (χ4v) is 2.89. The first-order valence-electron chi connectivity index (χ1n) is 7.47. The third-order valence-corrected chi connectivity index (χ3v) is 3.99. The summed E-state index contributed by atoms with van der Waals surface area (Å²) in [5.41, 5.74) is 3.65. The summed E-state index contributed by atoms with van der Waals surface area (Å²) in [5.74, 6) is 0.888. The molecule has 1 aliphatic rings. The Hall–Kier alpha value is -2.47. The zero-order valence-corrected chi connectivity index (χ0v) is 12.2. The molecule has 0 unspecified atom stereocenters. The van der Waals surface area contributed by atoms with E-state index < -0.39 is 0 Å². The maximum absolute atomic E-state index is 9.25. The SMILES string of the molecule is OCc1cc2n(n1)CCCN(c1cnc3ccccc3n1)C2. The first kappa shape index (κ1) is 13.2. The first-order valence-corrected chi connectivity index (χ1v) is 7.47. The predicted molar refractivity (Wildman–Crippen MR) is 83.4 cm³/mol. The van der Waals surface area contributed by atoms with Crippen LogP contribution in [0.25, 0.3) is 11.0 Å². The highest BCUT2D eigenvalue weighted by atomic mass is 16.3. The van der Waals surface area contributed by atoms with Gasteiger partial charge in [0.05, 0.1) is 41.8 Å². The van der Waals surface area contributed by atoms with E-state index in [1.165, 1.54) is 0 Å². The van der Waals surface area contributed by atoms with E-state index in [0.717, 1.165) is 54.3 Å². The second-order valence-corrected chi connectivity index (χ2v) is 5.50. The summed E-state index contributed by atoms with van der Waals surface area (Å²) in [4.78, 5) is 11.4. The van der Waals surface area contributed by atoms with Crippen LogP contribution in [-0.2, 0) is 19.7 Å². The standard InChI is InChI=1S/C16H17N5O/c22-11-12-8-13-10-20(6-3-7-21(13)19-12)16-9-17-14-4-1-2-5-15(14)18-16/h1-2,4-5,8-9,22H,3,6-7,10-11H2. The second-order valence-electron chi connectivity index (χ2n) is 5.50. The molecule has 0 saturated heterocycles. The molecule has 0 aliphatic carbocycles. The molecule has 1 aliphatic heterocycles. The van der Waals surface area contributed by atoms with Gasteiger partial charge in [0.2, 0.25) is 0 Å². The molecule has 6 nitrogen and oxygen atoms in total. The predicted octanol–water partition coefficient (Wildman–Crippen LogP) is 1.73. The molecular weight excluding hydrogens is 278 g/mol.